The molecule has 1 aromatic carbocycles. The first-order valence-corrected chi connectivity index (χ1v) is 12.5. The molecule has 32 heavy (non-hydrogen) atoms. The Balaban J connectivity index is 1.43. The van der Waals surface area contributed by atoms with Gasteiger partial charge in [-0.05, 0) is 41.3 Å². The Bertz CT molecular complexity index is 1140. The van der Waals surface area contributed by atoms with Gasteiger partial charge in [-0.3, -0.25) is 19.7 Å². The van der Waals surface area contributed by atoms with Gasteiger partial charge in [-0.25, -0.2) is 0 Å². The number of amides is 3. The second kappa shape index (κ2) is 9.57. The number of halogens is 4. The molecule has 2 aliphatic heterocycles. The summed E-state index contributed by atoms with van der Waals surface area (Å²) in [4.78, 5) is 39.8. The van der Waals surface area contributed by atoms with Gasteiger partial charge in [0.15, 0.2) is 0 Å². The van der Waals surface area contributed by atoms with Crippen molar-refractivity contribution in [2.75, 3.05) is 0 Å². The first-order chi connectivity index (χ1) is 15.2. The average molecular weight is 550 g/mol. The fourth-order valence-electron chi connectivity index (χ4n) is 3.93. The van der Waals surface area contributed by atoms with Crippen molar-refractivity contribution >= 4 is 92.5 Å². The number of rotatable bonds is 6. The topological polar surface area (TPSA) is 66.5 Å². The lowest BCUT2D eigenvalue weighted by Gasteiger charge is -2.29. The molecule has 1 aromatic heterocycles. The highest BCUT2D eigenvalue weighted by Crippen LogP contribution is 2.38. The van der Waals surface area contributed by atoms with Gasteiger partial charge in [0.05, 0.1) is 25.7 Å². The third-order valence-electron chi connectivity index (χ3n) is 5.59. The predicted octanol–water partition coefficient (Wildman–Crippen LogP) is 5.67. The third kappa shape index (κ3) is 4.56. The fourth-order valence-corrected chi connectivity index (χ4v) is 6.20. The minimum absolute atomic E-state index is 0.174. The average Bonchev–Trinajstić information content (AvgIpc) is 3.28. The minimum atomic E-state index is -0.622. The van der Waals surface area contributed by atoms with Gasteiger partial charge in [-0.1, -0.05) is 58.6 Å². The van der Waals surface area contributed by atoms with E-state index in [0.29, 0.717) is 63.4 Å². The number of fused-ring (bicyclic) bond motifs is 1. The van der Waals surface area contributed by atoms with Crippen molar-refractivity contribution in [1.82, 2.24) is 10.2 Å². The number of benzene rings is 1. The van der Waals surface area contributed by atoms with E-state index in [9.17, 15) is 14.4 Å². The van der Waals surface area contributed by atoms with Crippen LogP contribution in [0, 0.1) is 0 Å². The smallest absolute Gasteiger partial charge is 0.256 e. The molecule has 1 unspecified atom stereocenters. The van der Waals surface area contributed by atoms with Crippen LogP contribution in [-0.4, -0.2) is 33.5 Å². The summed E-state index contributed by atoms with van der Waals surface area (Å²) >= 11 is 31.9. The summed E-state index contributed by atoms with van der Waals surface area (Å²) in [6.07, 6.45) is 2.17. The second-order valence-corrected chi connectivity index (χ2v) is 10.7. The number of thiocarbonyl (C=S) groups is 1. The summed E-state index contributed by atoms with van der Waals surface area (Å²) in [7, 11) is 0. The number of hydrogen-bond donors (Lipinski definition) is 1. The number of nitrogens with zero attached hydrogens (tertiary/aromatic N) is 1. The Morgan fingerprint density at radius 3 is 2.50 bits per heavy atom. The van der Waals surface area contributed by atoms with Crippen LogP contribution in [-0.2, 0) is 29.0 Å². The summed E-state index contributed by atoms with van der Waals surface area (Å²) < 4.78 is 0. The molecule has 2 aromatic rings. The Morgan fingerprint density at radius 1 is 1.16 bits per heavy atom. The van der Waals surface area contributed by atoms with E-state index in [1.807, 2.05) is 5.38 Å². The van der Waals surface area contributed by atoms with E-state index in [1.165, 1.54) is 17.4 Å². The van der Waals surface area contributed by atoms with E-state index in [-0.39, 0.29) is 18.2 Å². The van der Waals surface area contributed by atoms with Gasteiger partial charge in [-0.15, -0.1) is 11.3 Å². The summed E-state index contributed by atoms with van der Waals surface area (Å²) in [5, 5.41) is 5.46. The van der Waals surface area contributed by atoms with Gasteiger partial charge in [0.25, 0.3) is 5.91 Å². The molecule has 1 saturated heterocycles. The van der Waals surface area contributed by atoms with E-state index in [4.69, 9.17) is 58.6 Å². The van der Waals surface area contributed by atoms with E-state index < -0.39 is 11.9 Å². The lowest BCUT2D eigenvalue weighted by molar-refractivity contribution is -0.136. The standard InChI is InChI=1S/C21H16Cl4N2O3S2/c22-13-6-14(23)19(25)10(18(13)24)5-9(31)1-3-16-11-7-27(21(30)12(11)8-32-16)15-2-4-17(28)26-20(15)29/h6,8,15H,1-5,7H2,(H,26,28,29). The van der Waals surface area contributed by atoms with Crippen LogP contribution in [0.1, 0.15) is 45.6 Å². The van der Waals surface area contributed by atoms with E-state index in [0.717, 1.165) is 15.3 Å². The van der Waals surface area contributed by atoms with Crippen molar-refractivity contribution in [3.8, 4) is 0 Å². The van der Waals surface area contributed by atoms with Crippen LogP contribution < -0.4 is 5.32 Å². The normalized spacial score (nSPS) is 18.2. The second-order valence-electron chi connectivity index (χ2n) is 7.61. The maximum atomic E-state index is 12.8. The Hall–Kier alpha value is -1.22. The molecule has 1 N–H and O–H groups in total. The van der Waals surface area contributed by atoms with Crippen molar-refractivity contribution in [1.29, 1.82) is 0 Å². The lowest BCUT2D eigenvalue weighted by Crippen LogP contribution is -2.52. The van der Waals surface area contributed by atoms with Crippen molar-refractivity contribution in [3.63, 3.8) is 0 Å². The van der Waals surface area contributed by atoms with Crippen LogP contribution in [0.3, 0.4) is 0 Å². The summed E-state index contributed by atoms with van der Waals surface area (Å²) in [5.74, 6) is -0.894. The molecule has 0 saturated carbocycles. The Labute approximate surface area is 213 Å². The van der Waals surface area contributed by atoms with E-state index >= 15 is 0 Å². The molecule has 0 radical (unpaired) electrons. The van der Waals surface area contributed by atoms with Crippen molar-refractivity contribution < 1.29 is 14.4 Å². The molecular weight excluding hydrogens is 534 g/mol. The summed E-state index contributed by atoms with van der Waals surface area (Å²) in [6, 6.07) is 0.879. The molecule has 2 aliphatic rings. The van der Waals surface area contributed by atoms with Crippen LogP contribution in [0.2, 0.25) is 20.1 Å². The highest BCUT2D eigenvalue weighted by atomic mass is 35.5. The van der Waals surface area contributed by atoms with Gasteiger partial charge in [-0.2, -0.15) is 0 Å². The lowest BCUT2D eigenvalue weighted by atomic mass is 10.0. The SMILES string of the molecule is O=C1CCC(N2Cc3c(csc3CCC(=S)Cc3c(Cl)c(Cl)cc(Cl)c3Cl)C2=O)C(=O)N1. The number of nitrogens with one attached hydrogen (secondary N) is 1. The largest absolute Gasteiger partial charge is 0.322 e. The van der Waals surface area contributed by atoms with Crippen LogP contribution in [0.15, 0.2) is 11.4 Å². The number of thiophene rings is 1. The molecule has 1 fully saturated rings. The number of hydrogen-bond acceptors (Lipinski definition) is 5. The first-order valence-electron chi connectivity index (χ1n) is 9.74. The maximum Gasteiger partial charge on any atom is 0.256 e. The highest BCUT2D eigenvalue weighted by molar-refractivity contribution is 7.80. The Morgan fingerprint density at radius 2 is 1.84 bits per heavy atom. The number of carbonyl (C=O) groups is 3. The highest BCUT2D eigenvalue weighted by Gasteiger charge is 2.40. The zero-order valence-corrected chi connectivity index (χ0v) is 21.1. The number of piperidine rings is 1. The minimum Gasteiger partial charge on any atom is -0.322 e. The molecule has 168 valence electrons. The van der Waals surface area contributed by atoms with E-state index in [1.54, 1.807) is 4.90 Å². The number of carbonyl (C=O) groups excluding carboxylic acids is 3. The quantitative estimate of drug-likeness (QED) is 0.286. The van der Waals surface area contributed by atoms with Gasteiger partial charge < -0.3 is 4.90 Å². The number of imide groups is 1. The van der Waals surface area contributed by atoms with Crippen LogP contribution in [0.4, 0.5) is 0 Å². The van der Waals surface area contributed by atoms with Crippen LogP contribution in [0.5, 0.6) is 0 Å². The van der Waals surface area contributed by atoms with Crippen LogP contribution in [0.25, 0.3) is 0 Å². The van der Waals surface area contributed by atoms with Crippen molar-refractivity contribution in [2.24, 2.45) is 0 Å². The predicted molar refractivity (Wildman–Crippen MR) is 131 cm³/mol. The fraction of sp³-hybridized carbons (Fsp3) is 0.333. The molecule has 0 spiro atoms. The summed E-state index contributed by atoms with van der Waals surface area (Å²) in [5.41, 5.74) is 2.15. The zero-order chi connectivity index (χ0) is 23.2. The number of aryl methyl sites for hydroxylation is 1. The molecule has 4 rings (SSSR count). The van der Waals surface area contributed by atoms with Crippen molar-refractivity contribution in [3.05, 3.63) is 53.1 Å². The molecule has 3 amide bonds. The van der Waals surface area contributed by atoms with Gasteiger partial charge in [0.1, 0.15) is 6.04 Å². The van der Waals surface area contributed by atoms with E-state index in [2.05, 4.69) is 5.32 Å². The van der Waals surface area contributed by atoms with Gasteiger partial charge in [0, 0.05) is 29.6 Å². The maximum absolute atomic E-state index is 12.8. The monoisotopic (exact) mass is 548 g/mol. The molecule has 5 nitrogen and oxygen atoms in total. The molecule has 3 heterocycles. The first kappa shape index (κ1) is 23.9. The third-order valence-corrected chi connectivity index (χ3v) is 8.68. The Kier molecular flexibility index (Phi) is 7.15. The van der Waals surface area contributed by atoms with Gasteiger partial charge >= 0.3 is 0 Å². The molecule has 1 atom stereocenters. The summed E-state index contributed by atoms with van der Waals surface area (Å²) in [6.45, 7) is 0.355. The zero-order valence-electron chi connectivity index (χ0n) is 16.5. The van der Waals surface area contributed by atoms with Crippen LogP contribution >= 0.6 is 70.0 Å². The molecule has 0 bridgehead atoms. The molecule has 11 heteroatoms. The van der Waals surface area contributed by atoms with Gasteiger partial charge in [0.2, 0.25) is 11.8 Å². The molecular formula is C21H16Cl4N2O3S2. The van der Waals surface area contributed by atoms with Crippen molar-refractivity contribution in [2.45, 2.75) is 44.7 Å². The molecule has 0 aliphatic carbocycles.